The summed E-state index contributed by atoms with van der Waals surface area (Å²) in [4.78, 5) is 66.5. The number of aliphatic hydroxyl groups excluding tert-OH is 1. The number of carbonyl (C=O) groups excluding carboxylic acids is 3. The molecular formula is C19H30N6O8. The number of aliphatic carboxylic acids is 2. The van der Waals surface area contributed by atoms with Crippen LogP contribution in [0.4, 0.5) is 0 Å². The molecule has 9 N–H and O–H groups in total. The number of carboxylic acid groups (broad SMARTS) is 2. The number of hydrogen-bond donors (Lipinski definition) is 8. The molecule has 5 atom stereocenters. The molecule has 0 aliphatic carbocycles. The Kier molecular flexibility index (Phi) is 10.4. The molecule has 1 rings (SSSR count). The summed E-state index contributed by atoms with van der Waals surface area (Å²) >= 11 is 0. The number of amides is 3. The second-order valence-corrected chi connectivity index (χ2v) is 7.84. The van der Waals surface area contributed by atoms with Crippen molar-refractivity contribution >= 4 is 29.7 Å². The Labute approximate surface area is 189 Å². The van der Waals surface area contributed by atoms with Crippen LogP contribution in [0.3, 0.4) is 0 Å². The van der Waals surface area contributed by atoms with E-state index in [0.717, 1.165) is 0 Å². The molecule has 33 heavy (non-hydrogen) atoms. The number of imidazole rings is 1. The Morgan fingerprint density at radius 3 is 2.06 bits per heavy atom. The van der Waals surface area contributed by atoms with Gasteiger partial charge in [-0.2, -0.15) is 0 Å². The van der Waals surface area contributed by atoms with Crippen molar-refractivity contribution < 1.29 is 39.3 Å². The summed E-state index contributed by atoms with van der Waals surface area (Å²) in [7, 11) is 0. The van der Waals surface area contributed by atoms with Crippen molar-refractivity contribution in [3.8, 4) is 0 Å². The van der Waals surface area contributed by atoms with E-state index in [1.807, 2.05) is 5.32 Å². The fourth-order valence-electron chi connectivity index (χ4n) is 2.69. The molecule has 184 valence electrons. The summed E-state index contributed by atoms with van der Waals surface area (Å²) < 4.78 is 0. The Bertz CT molecular complexity index is 841. The van der Waals surface area contributed by atoms with Crippen molar-refractivity contribution in [2.45, 2.75) is 63.9 Å². The van der Waals surface area contributed by atoms with E-state index in [1.165, 1.54) is 19.4 Å². The normalized spacial score (nSPS) is 15.6. The average molecular weight is 470 g/mol. The van der Waals surface area contributed by atoms with E-state index in [-0.39, 0.29) is 12.3 Å². The van der Waals surface area contributed by atoms with Gasteiger partial charge in [-0.15, -0.1) is 0 Å². The van der Waals surface area contributed by atoms with Gasteiger partial charge in [-0.3, -0.25) is 19.2 Å². The predicted molar refractivity (Wildman–Crippen MR) is 112 cm³/mol. The van der Waals surface area contributed by atoms with Gasteiger partial charge in [0.2, 0.25) is 17.7 Å². The summed E-state index contributed by atoms with van der Waals surface area (Å²) in [6.45, 7) is 4.62. The third kappa shape index (κ3) is 8.86. The number of nitrogens with zero attached hydrogens (tertiary/aromatic N) is 1. The first-order chi connectivity index (χ1) is 15.3. The number of rotatable bonds is 13. The van der Waals surface area contributed by atoms with Crippen LogP contribution in [0.5, 0.6) is 0 Å². The molecule has 1 aromatic rings. The molecule has 0 aliphatic heterocycles. The Morgan fingerprint density at radius 2 is 1.61 bits per heavy atom. The monoisotopic (exact) mass is 470 g/mol. The van der Waals surface area contributed by atoms with Crippen molar-refractivity contribution in [2.75, 3.05) is 0 Å². The van der Waals surface area contributed by atoms with Gasteiger partial charge in [0, 0.05) is 18.3 Å². The molecule has 14 nitrogen and oxygen atoms in total. The largest absolute Gasteiger partial charge is 0.481 e. The van der Waals surface area contributed by atoms with E-state index in [1.54, 1.807) is 13.8 Å². The first-order valence-corrected chi connectivity index (χ1v) is 10.1. The van der Waals surface area contributed by atoms with Gasteiger partial charge >= 0.3 is 11.9 Å². The van der Waals surface area contributed by atoms with Crippen LogP contribution in [-0.2, 0) is 30.4 Å². The smallest absolute Gasteiger partial charge is 0.326 e. The number of hydrogen-bond acceptors (Lipinski definition) is 8. The zero-order valence-electron chi connectivity index (χ0n) is 18.4. The number of carbonyl (C=O) groups is 5. The third-order valence-corrected chi connectivity index (χ3v) is 4.69. The molecule has 0 bridgehead atoms. The zero-order valence-corrected chi connectivity index (χ0v) is 18.4. The number of nitrogens with one attached hydrogen (secondary N) is 4. The van der Waals surface area contributed by atoms with Gasteiger partial charge in [-0.25, -0.2) is 9.78 Å². The highest BCUT2D eigenvalue weighted by Gasteiger charge is 2.33. The second-order valence-electron chi connectivity index (χ2n) is 7.84. The molecule has 0 spiro atoms. The lowest BCUT2D eigenvalue weighted by atomic mass is 10.0. The minimum absolute atomic E-state index is 0.0483. The van der Waals surface area contributed by atoms with Crippen molar-refractivity contribution in [3.05, 3.63) is 18.2 Å². The van der Waals surface area contributed by atoms with Gasteiger partial charge < -0.3 is 42.0 Å². The molecule has 0 radical (unpaired) electrons. The highest BCUT2D eigenvalue weighted by molar-refractivity contribution is 5.95. The molecule has 3 amide bonds. The van der Waals surface area contributed by atoms with Crippen LogP contribution in [0.1, 0.15) is 32.9 Å². The van der Waals surface area contributed by atoms with Crippen LogP contribution in [0.25, 0.3) is 0 Å². The number of aromatic nitrogens is 2. The number of carboxylic acids is 2. The van der Waals surface area contributed by atoms with E-state index < -0.39 is 66.4 Å². The van der Waals surface area contributed by atoms with E-state index >= 15 is 0 Å². The molecule has 0 fully saturated rings. The van der Waals surface area contributed by atoms with Crippen molar-refractivity contribution in [3.63, 3.8) is 0 Å². The summed E-state index contributed by atoms with van der Waals surface area (Å²) in [6.07, 6.45) is 0.360. The number of aliphatic hydroxyl groups is 1. The van der Waals surface area contributed by atoms with E-state index in [9.17, 15) is 29.1 Å². The maximum absolute atomic E-state index is 12.9. The van der Waals surface area contributed by atoms with Crippen molar-refractivity contribution in [1.82, 2.24) is 25.9 Å². The van der Waals surface area contributed by atoms with Crippen LogP contribution in [0.15, 0.2) is 12.5 Å². The maximum Gasteiger partial charge on any atom is 0.326 e. The lowest BCUT2D eigenvalue weighted by Crippen LogP contribution is -2.60. The average Bonchev–Trinajstić information content (AvgIpc) is 3.22. The maximum atomic E-state index is 12.9. The lowest BCUT2D eigenvalue weighted by molar-refractivity contribution is -0.148. The van der Waals surface area contributed by atoms with E-state index in [0.29, 0.717) is 5.69 Å². The van der Waals surface area contributed by atoms with Crippen LogP contribution in [0.2, 0.25) is 0 Å². The highest BCUT2D eigenvalue weighted by atomic mass is 16.4. The van der Waals surface area contributed by atoms with Gasteiger partial charge in [-0.1, -0.05) is 13.8 Å². The standard InChI is InChI=1S/C19H30N6O8/c1-8(2)14(20)17(30)23-11(4-10-6-21-7-22-10)16(29)25-15(9(3)26)18(31)24-12(19(32)33)5-13(27)28/h6-9,11-12,14-15,26H,4-5,20H2,1-3H3,(H,21,22)(H,23,30)(H,24,31)(H,25,29)(H,27,28)(H,32,33)/t9-,11+,12+,14+,15+/m1/s1. The molecular weight excluding hydrogens is 440 g/mol. The molecule has 0 unspecified atom stereocenters. The Hall–Kier alpha value is -3.52. The SMILES string of the molecule is CC(C)[C@H](N)C(=O)N[C@@H](Cc1cnc[nH]1)C(=O)N[C@H](C(=O)N[C@@H](CC(=O)O)C(=O)O)[C@@H](C)O. The molecule has 1 heterocycles. The van der Waals surface area contributed by atoms with Gasteiger partial charge in [0.15, 0.2) is 0 Å². The molecule has 1 aromatic heterocycles. The molecule has 0 aliphatic rings. The number of H-pyrrole nitrogens is 1. The molecule has 0 saturated carbocycles. The van der Waals surface area contributed by atoms with E-state index in [4.69, 9.17) is 15.9 Å². The van der Waals surface area contributed by atoms with Gasteiger partial charge in [-0.05, 0) is 12.8 Å². The van der Waals surface area contributed by atoms with Gasteiger partial charge in [0.05, 0.1) is 24.9 Å². The minimum atomic E-state index is -1.78. The van der Waals surface area contributed by atoms with E-state index in [2.05, 4.69) is 20.6 Å². The minimum Gasteiger partial charge on any atom is -0.481 e. The molecule has 14 heteroatoms. The molecule has 0 saturated heterocycles. The quantitative estimate of drug-likeness (QED) is 0.149. The van der Waals surface area contributed by atoms with Gasteiger partial charge in [0.25, 0.3) is 0 Å². The Morgan fingerprint density at radius 1 is 1.00 bits per heavy atom. The summed E-state index contributed by atoms with van der Waals surface area (Å²) in [6, 6.07) is -5.54. The Balaban J connectivity index is 3.03. The van der Waals surface area contributed by atoms with Crippen LogP contribution in [-0.4, -0.2) is 85.2 Å². The third-order valence-electron chi connectivity index (χ3n) is 4.69. The van der Waals surface area contributed by atoms with Crippen LogP contribution in [0, 0.1) is 5.92 Å². The summed E-state index contributed by atoms with van der Waals surface area (Å²) in [5.74, 6) is -5.88. The van der Waals surface area contributed by atoms with Crippen molar-refractivity contribution in [1.29, 1.82) is 0 Å². The zero-order chi connectivity index (χ0) is 25.3. The second kappa shape index (κ2) is 12.5. The first kappa shape index (κ1) is 27.5. The van der Waals surface area contributed by atoms with Gasteiger partial charge in [0.1, 0.15) is 18.1 Å². The predicted octanol–water partition coefficient (Wildman–Crippen LogP) is -2.67. The fourth-order valence-corrected chi connectivity index (χ4v) is 2.69. The van der Waals surface area contributed by atoms with Crippen LogP contribution < -0.4 is 21.7 Å². The first-order valence-electron chi connectivity index (χ1n) is 10.1. The summed E-state index contributed by atoms with van der Waals surface area (Å²) in [5, 5.41) is 34.6. The highest BCUT2D eigenvalue weighted by Crippen LogP contribution is 2.05. The number of nitrogens with two attached hydrogens (primary N) is 1. The van der Waals surface area contributed by atoms with Crippen molar-refractivity contribution in [2.24, 2.45) is 11.7 Å². The van der Waals surface area contributed by atoms with Crippen LogP contribution >= 0.6 is 0 Å². The number of aromatic amines is 1. The summed E-state index contributed by atoms with van der Waals surface area (Å²) in [5.41, 5.74) is 6.32. The topological polar surface area (TPSA) is 237 Å². The molecule has 0 aromatic carbocycles. The fraction of sp³-hybridized carbons (Fsp3) is 0.579. The lowest BCUT2D eigenvalue weighted by Gasteiger charge is -2.26.